The molecule has 11 nitrogen and oxygen atoms in total. The van der Waals surface area contributed by atoms with Crippen LogP contribution in [0.4, 0.5) is 48.3 Å². The summed E-state index contributed by atoms with van der Waals surface area (Å²) < 4.78 is 94.0. The smallest absolute Gasteiger partial charge is 0.433 e. The lowest BCUT2D eigenvalue weighted by Crippen LogP contribution is -2.47. The van der Waals surface area contributed by atoms with Crippen LogP contribution < -0.4 is 15.1 Å². The number of pyridine rings is 2. The van der Waals surface area contributed by atoms with E-state index in [4.69, 9.17) is 9.47 Å². The molecule has 0 spiro atoms. The molecule has 5 rings (SSSR count). The highest BCUT2D eigenvalue weighted by Gasteiger charge is 2.42. The van der Waals surface area contributed by atoms with Gasteiger partial charge in [-0.25, -0.2) is 14.8 Å². The van der Waals surface area contributed by atoms with Crippen LogP contribution in [-0.4, -0.2) is 66.1 Å². The van der Waals surface area contributed by atoms with Crippen molar-refractivity contribution >= 4 is 29.3 Å². The first-order chi connectivity index (χ1) is 24.4. The lowest BCUT2D eigenvalue weighted by Gasteiger charge is -2.40. The van der Waals surface area contributed by atoms with E-state index in [9.17, 15) is 46.3 Å². The summed E-state index contributed by atoms with van der Waals surface area (Å²) in [7, 11) is 0. The summed E-state index contributed by atoms with van der Waals surface area (Å²) in [5.41, 5.74) is -2.85. The summed E-state index contributed by atoms with van der Waals surface area (Å²) in [5, 5.41) is 22.1. The molecule has 0 aliphatic carbocycles. The zero-order chi connectivity index (χ0) is 38.0. The fourth-order valence-corrected chi connectivity index (χ4v) is 6.03. The van der Waals surface area contributed by atoms with Crippen LogP contribution in [0.3, 0.4) is 0 Å². The van der Waals surface area contributed by atoms with Gasteiger partial charge in [-0.3, -0.25) is 9.69 Å². The minimum Gasteiger partial charge on any atom is -0.481 e. The number of alkyl halides is 6. The second-order valence-corrected chi connectivity index (χ2v) is 13.2. The quantitative estimate of drug-likeness (QED) is 0.217. The number of aromatic nitrogens is 2. The van der Waals surface area contributed by atoms with Crippen molar-refractivity contribution in [3.05, 3.63) is 76.2 Å². The summed E-state index contributed by atoms with van der Waals surface area (Å²) in [6.45, 7) is 5.87. The molecule has 0 radical (unpaired) electrons. The predicted octanol–water partition coefficient (Wildman–Crippen LogP) is 7.20. The maximum Gasteiger partial charge on any atom is 0.433 e. The number of carboxylic acid groups (broad SMARTS) is 1. The highest BCUT2D eigenvalue weighted by atomic mass is 19.4. The van der Waals surface area contributed by atoms with E-state index in [1.54, 1.807) is 25.3 Å². The van der Waals surface area contributed by atoms with Crippen LogP contribution in [0.15, 0.2) is 42.6 Å². The van der Waals surface area contributed by atoms with Crippen molar-refractivity contribution in [2.75, 3.05) is 48.0 Å². The molecule has 52 heavy (non-hydrogen) atoms. The molecule has 1 saturated heterocycles. The molecule has 17 heteroatoms. The first kappa shape index (κ1) is 38.1. The first-order valence-corrected chi connectivity index (χ1v) is 16.4. The number of rotatable bonds is 9. The van der Waals surface area contributed by atoms with Crippen molar-refractivity contribution < 1.29 is 50.5 Å². The van der Waals surface area contributed by atoms with Crippen LogP contribution in [0.1, 0.15) is 73.3 Å². The third-order valence-electron chi connectivity index (χ3n) is 8.94. The molecule has 1 fully saturated rings. The first-order valence-electron chi connectivity index (χ1n) is 16.4. The van der Waals surface area contributed by atoms with Crippen LogP contribution in [0.25, 0.3) is 0 Å². The summed E-state index contributed by atoms with van der Waals surface area (Å²) in [6, 6.07) is 6.70. The minimum atomic E-state index is -4.84. The van der Waals surface area contributed by atoms with Crippen molar-refractivity contribution in [2.45, 2.75) is 64.5 Å². The van der Waals surface area contributed by atoms with Crippen molar-refractivity contribution in [3.8, 4) is 6.07 Å². The van der Waals surface area contributed by atoms with E-state index in [0.29, 0.717) is 44.0 Å². The number of amides is 1. The normalized spacial score (nSPS) is 18.0. The molecule has 2 N–H and O–H groups in total. The highest BCUT2D eigenvalue weighted by Crippen LogP contribution is 2.42. The second kappa shape index (κ2) is 14.9. The Morgan fingerprint density at radius 1 is 1.08 bits per heavy atom. The van der Waals surface area contributed by atoms with E-state index in [1.807, 2.05) is 4.90 Å². The molecule has 2 atom stereocenters. The Labute approximate surface area is 295 Å². The third-order valence-corrected chi connectivity index (χ3v) is 8.94. The number of fused-ring (bicyclic) bond motifs is 1. The van der Waals surface area contributed by atoms with E-state index in [-0.39, 0.29) is 41.2 Å². The number of benzene rings is 1. The van der Waals surface area contributed by atoms with Crippen LogP contribution >= 0.6 is 0 Å². The maximum atomic E-state index is 14.0. The molecular formula is C35H36F6N6O5. The van der Waals surface area contributed by atoms with E-state index in [2.05, 4.69) is 15.3 Å². The lowest BCUT2D eigenvalue weighted by atomic mass is 9.92. The van der Waals surface area contributed by atoms with E-state index >= 15 is 0 Å². The number of nitrogens with one attached hydrogen (secondary N) is 1. The molecule has 2 aliphatic heterocycles. The van der Waals surface area contributed by atoms with Gasteiger partial charge in [0.2, 0.25) is 0 Å². The number of morpholine rings is 1. The molecule has 2 aliphatic rings. The molecule has 2 aromatic heterocycles. The number of aliphatic carboxylic acids is 1. The number of anilines is 3. The highest BCUT2D eigenvalue weighted by molar-refractivity contribution is 5.90. The Morgan fingerprint density at radius 2 is 1.79 bits per heavy atom. The van der Waals surface area contributed by atoms with Crippen LogP contribution in [0.2, 0.25) is 0 Å². The molecule has 1 aromatic carbocycles. The van der Waals surface area contributed by atoms with Gasteiger partial charge in [-0.05, 0) is 68.7 Å². The number of nitriles is 1. The number of hydrogen-bond acceptors (Lipinski definition) is 9. The molecule has 4 heterocycles. The van der Waals surface area contributed by atoms with Gasteiger partial charge >= 0.3 is 24.4 Å². The van der Waals surface area contributed by atoms with Crippen LogP contribution in [0.5, 0.6) is 0 Å². The minimum absolute atomic E-state index is 0.00441. The van der Waals surface area contributed by atoms with Gasteiger partial charge in [0.15, 0.2) is 0 Å². The SMILES string of the molecule is CC[C@@H]1C[C@H](Nc2ncc(N3CCOCC3)cc2Cc2cc(C#N)cc(C(F)(F)F)c2)c2nc(C(F)(F)F)ccc2N1C(=O)OCC(C)(C)C(=O)O. The molecule has 278 valence electrons. The Bertz CT molecular complexity index is 1860. The Morgan fingerprint density at radius 3 is 2.40 bits per heavy atom. The molecule has 1 amide bonds. The number of hydrogen-bond donors (Lipinski definition) is 2. The van der Waals surface area contributed by atoms with E-state index in [1.165, 1.54) is 24.8 Å². The Balaban J connectivity index is 1.57. The van der Waals surface area contributed by atoms with Gasteiger partial charge in [0, 0.05) is 31.1 Å². The third kappa shape index (κ3) is 8.50. The Hall–Kier alpha value is -5.11. The maximum absolute atomic E-state index is 14.0. The van der Waals surface area contributed by atoms with Crippen molar-refractivity contribution in [1.29, 1.82) is 5.26 Å². The zero-order valence-electron chi connectivity index (χ0n) is 28.4. The average molecular weight is 735 g/mol. The molecule has 3 aromatic rings. The van der Waals surface area contributed by atoms with Gasteiger partial charge in [-0.15, -0.1) is 0 Å². The molecule has 0 saturated carbocycles. The van der Waals surface area contributed by atoms with Crippen LogP contribution in [-0.2, 0) is 33.0 Å². The van der Waals surface area contributed by atoms with Gasteiger partial charge in [0.25, 0.3) is 0 Å². The van der Waals surface area contributed by atoms with Crippen LogP contribution in [0, 0.1) is 16.7 Å². The standard InChI is InChI=1S/C35H36F6N6O5/c1-4-24-16-26(29-27(5-6-28(45-29)35(39,40)41)47(24)32(50)52-19-33(2,3)31(48)49)44-30-22(15-25(18-43-30)46-7-9-51-10-8-46)12-20-11-21(17-42)14-23(13-20)34(36,37)38/h5-6,11,13-15,18,24,26H,4,7-10,12,16,19H2,1-3H3,(H,43,44)(H,48,49)/t24-,26+/m1/s1. The van der Waals surface area contributed by atoms with Crippen molar-refractivity contribution in [3.63, 3.8) is 0 Å². The van der Waals surface area contributed by atoms with Gasteiger partial charge in [-0.2, -0.15) is 31.6 Å². The largest absolute Gasteiger partial charge is 0.481 e. The monoisotopic (exact) mass is 734 g/mol. The van der Waals surface area contributed by atoms with Crippen molar-refractivity contribution in [2.24, 2.45) is 5.41 Å². The fourth-order valence-electron chi connectivity index (χ4n) is 6.03. The molecular weight excluding hydrogens is 698 g/mol. The van der Waals surface area contributed by atoms with Gasteiger partial charge in [0.05, 0.1) is 65.1 Å². The number of carbonyl (C=O) groups excluding carboxylic acids is 1. The van der Waals surface area contributed by atoms with E-state index in [0.717, 1.165) is 24.3 Å². The number of ether oxygens (including phenoxy) is 2. The second-order valence-electron chi connectivity index (χ2n) is 13.2. The van der Waals surface area contributed by atoms with Gasteiger partial charge in [0.1, 0.15) is 18.1 Å². The topological polar surface area (TPSA) is 141 Å². The zero-order valence-corrected chi connectivity index (χ0v) is 28.4. The van der Waals surface area contributed by atoms with Gasteiger partial charge in [-0.1, -0.05) is 6.92 Å². The fraction of sp³-hybridized carbons (Fsp3) is 0.457. The predicted molar refractivity (Wildman–Crippen MR) is 176 cm³/mol. The lowest BCUT2D eigenvalue weighted by molar-refractivity contribution is -0.149. The number of carbonyl (C=O) groups is 2. The number of carboxylic acids is 1. The molecule has 0 unspecified atom stereocenters. The number of nitrogens with zero attached hydrogens (tertiary/aromatic N) is 5. The van der Waals surface area contributed by atoms with Gasteiger partial charge < -0.3 is 24.8 Å². The molecule has 0 bridgehead atoms. The summed E-state index contributed by atoms with van der Waals surface area (Å²) in [5.74, 6) is -1.07. The number of halogens is 6. The summed E-state index contributed by atoms with van der Waals surface area (Å²) in [6.07, 6.45) is -8.79. The summed E-state index contributed by atoms with van der Waals surface area (Å²) in [4.78, 5) is 36.7. The summed E-state index contributed by atoms with van der Waals surface area (Å²) >= 11 is 0. The Kier molecular flexibility index (Phi) is 10.9. The van der Waals surface area contributed by atoms with E-state index < -0.39 is 59.8 Å². The van der Waals surface area contributed by atoms with Crippen molar-refractivity contribution in [1.82, 2.24) is 9.97 Å². The average Bonchev–Trinajstić information content (AvgIpc) is 3.10.